The maximum Gasteiger partial charge on any atom is 0.300 e. The van der Waals surface area contributed by atoms with Crippen molar-refractivity contribution in [2.24, 2.45) is 0 Å². The Kier molecular flexibility index (Phi) is 4.11. The molecule has 10 heteroatoms. The molecule has 0 saturated carbocycles. The maximum absolute atomic E-state index is 12.3. The third-order valence-electron chi connectivity index (χ3n) is 2.90. The van der Waals surface area contributed by atoms with E-state index in [1.54, 1.807) is 0 Å². The largest absolute Gasteiger partial charge is 0.380 e. The van der Waals surface area contributed by atoms with E-state index in [1.807, 2.05) is 0 Å². The molecule has 0 N–H and O–H groups in total. The Morgan fingerprint density at radius 3 is 2.79 bits per heavy atom. The minimum absolute atomic E-state index is 0.126. The van der Waals surface area contributed by atoms with Crippen molar-refractivity contribution in [2.75, 3.05) is 20.3 Å². The van der Waals surface area contributed by atoms with Crippen LogP contribution in [0.2, 0.25) is 4.34 Å². The SMILES string of the molecule is CN(C1CCOC1)S(=O)(=O)c1cc([N+](=O)[O-])c(Cl)s1. The number of rotatable bonds is 4. The minimum Gasteiger partial charge on any atom is -0.380 e. The smallest absolute Gasteiger partial charge is 0.300 e. The molecular weight excluding hydrogens is 316 g/mol. The first-order valence-corrected chi connectivity index (χ1v) is 7.97. The number of nitro groups is 1. The van der Waals surface area contributed by atoms with E-state index in [0.717, 1.165) is 6.07 Å². The molecule has 1 atom stereocenters. The second-order valence-electron chi connectivity index (χ2n) is 4.02. The Morgan fingerprint density at radius 2 is 2.32 bits per heavy atom. The highest BCUT2D eigenvalue weighted by Gasteiger charge is 2.34. The molecule has 1 aliphatic rings. The number of sulfonamides is 1. The van der Waals surface area contributed by atoms with Crippen molar-refractivity contribution in [3.8, 4) is 0 Å². The Bertz CT molecular complexity index is 594. The van der Waals surface area contributed by atoms with Gasteiger partial charge in [0.05, 0.1) is 17.6 Å². The number of halogens is 1. The highest BCUT2D eigenvalue weighted by Crippen LogP contribution is 2.37. The third-order valence-corrected chi connectivity index (χ3v) is 6.59. The van der Waals surface area contributed by atoms with E-state index in [-0.39, 0.29) is 20.3 Å². The summed E-state index contributed by atoms with van der Waals surface area (Å²) >= 11 is 6.37. The molecule has 0 aliphatic carbocycles. The standard InChI is InChI=1S/C9H11ClN2O5S2/c1-11(6-2-3-17-5-6)19(15,16)8-4-7(12(13)14)9(10)18-8/h4,6H,2-3,5H2,1H3. The molecule has 0 bridgehead atoms. The molecule has 1 saturated heterocycles. The highest BCUT2D eigenvalue weighted by atomic mass is 35.5. The molecule has 0 radical (unpaired) electrons. The number of thiophene rings is 1. The van der Waals surface area contributed by atoms with Gasteiger partial charge >= 0.3 is 0 Å². The molecule has 0 amide bonds. The zero-order valence-corrected chi connectivity index (χ0v) is 12.3. The molecule has 106 valence electrons. The zero-order valence-electron chi connectivity index (χ0n) is 9.91. The van der Waals surface area contributed by atoms with Crippen LogP contribution in [-0.4, -0.2) is 43.9 Å². The van der Waals surface area contributed by atoms with Crippen LogP contribution in [0.3, 0.4) is 0 Å². The van der Waals surface area contributed by atoms with E-state index in [2.05, 4.69) is 0 Å². The minimum atomic E-state index is -3.77. The quantitative estimate of drug-likeness (QED) is 0.620. The van der Waals surface area contributed by atoms with Gasteiger partial charge in [0.25, 0.3) is 15.7 Å². The van der Waals surface area contributed by atoms with Crippen molar-refractivity contribution < 1.29 is 18.1 Å². The van der Waals surface area contributed by atoms with Crippen LogP contribution in [0, 0.1) is 10.1 Å². The summed E-state index contributed by atoms with van der Waals surface area (Å²) in [4.78, 5) is 9.99. The number of hydrogen-bond acceptors (Lipinski definition) is 6. The van der Waals surface area contributed by atoms with Crippen molar-refractivity contribution in [1.29, 1.82) is 0 Å². The van der Waals surface area contributed by atoms with Crippen molar-refractivity contribution >= 4 is 38.6 Å². The van der Waals surface area contributed by atoms with Crippen molar-refractivity contribution in [2.45, 2.75) is 16.7 Å². The second-order valence-corrected chi connectivity index (χ2v) is 7.90. The van der Waals surface area contributed by atoms with Gasteiger partial charge in [-0.15, -0.1) is 11.3 Å². The molecule has 0 spiro atoms. The van der Waals surface area contributed by atoms with Crippen molar-refractivity contribution in [3.63, 3.8) is 0 Å². The molecule has 19 heavy (non-hydrogen) atoms. The molecule has 0 aromatic carbocycles. The Morgan fingerprint density at radius 1 is 1.63 bits per heavy atom. The molecular formula is C9H11ClN2O5S2. The second kappa shape index (κ2) is 5.33. The lowest BCUT2D eigenvalue weighted by molar-refractivity contribution is -0.384. The van der Waals surface area contributed by atoms with Gasteiger partial charge < -0.3 is 4.74 Å². The van der Waals surface area contributed by atoms with Gasteiger partial charge in [-0.1, -0.05) is 11.6 Å². The summed E-state index contributed by atoms with van der Waals surface area (Å²) in [5, 5.41) is 10.7. The lowest BCUT2D eigenvalue weighted by Crippen LogP contribution is -2.36. The number of hydrogen-bond donors (Lipinski definition) is 0. The van der Waals surface area contributed by atoms with E-state index in [9.17, 15) is 18.5 Å². The molecule has 1 aromatic rings. The number of likely N-dealkylation sites (N-methyl/N-ethyl adjacent to an activating group) is 1. The van der Waals surface area contributed by atoms with Gasteiger partial charge in [-0.25, -0.2) is 8.42 Å². The summed E-state index contributed by atoms with van der Waals surface area (Å²) in [5.41, 5.74) is -0.388. The first-order chi connectivity index (χ1) is 8.84. The van der Waals surface area contributed by atoms with Crippen molar-refractivity contribution in [3.05, 3.63) is 20.5 Å². The van der Waals surface area contributed by atoms with E-state index in [0.29, 0.717) is 31.0 Å². The Balaban J connectivity index is 2.33. The average molecular weight is 327 g/mol. The molecule has 1 unspecified atom stereocenters. The van der Waals surface area contributed by atoms with Crippen LogP contribution in [0.15, 0.2) is 10.3 Å². The fourth-order valence-electron chi connectivity index (χ4n) is 1.74. The topological polar surface area (TPSA) is 89.8 Å². The van der Waals surface area contributed by atoms with Crippen LogP contribution >= 0.6 is 22.9 Å². The first kappa shape index (κ1) is 14.7. The van der Waals surface area contributed by atoms with Crippen molar-refractivity contribution in [1.82, 2.24) is 4.31 Å². The number of ether oxygens (including phenoxy) is 1. The number of nitrogens with zero attached hydrogens (tertiary/aromatic N) is 2. The normalized spacial score (nSPS) is 20.1. The Hall–Kier alpha value is -0.740. The van der Waals surface area contributed by atoms with Crippen LogP contribution in [0.1, 0.15) is 6.42 Å². The van der Waals surface area contributed by atoms with Crippen LogP contribution in [0.5, 0.6) is 0 Å². The summed E-state index contributed by atoms with van der Waals surface area (Å²) in [6.07, 6.45) is 0.608. The summed E-state index contributed by atoms with van der Waals surface area (Å²) in [7, 11) is -2.34. The summed E-state index contributed by atoms with van der Waals surface area (Å²) in [5.74, 6) is 0. The van der Waals surface area contributed by atoms with Gasteiger partial charge in [-0.2, -0.15) is 4.31 Å². The molecule has 1 aromatic heterocycles. The fraction of sp³-hybridized carbons (Fsp3) is 0.556. The van der Waals surface area contributed by atoms with Gasteiger partial charge in [0.2, 0.25) is 0 Å². The molecule has 2 heterocycles. The predicted octanol–water partition coefficient (Wildman–Crippen LogP) is 1.72. The maximum atomic E-state index is 12.3. The zero-order chi connectivity index (χ0) is 14.2. The predicted molar refractivity (Wildman–Crippen MR) is 70.2 cm³/mol. The Labute approximate surface area is 118 Å². The van der Waals surface area contributed by atoms with Crippen LogP contribution < -0.4 is 0 Å². The summed E-state index contributed by atoms with van der Waals surface area (Å²) in [6.45, 7) is 0.840. The van der Waals surface area contributed by atoms with E-state index < -0.39 is 14.9 Å². The van der Waals surface area contributed by atoms with E-state index in [4.69, 9.17) is 16.3 Å². The highest BCUT2D eigenvalue weighted by molar-refractivity contribution is 7.91. The average Bonchev–Trinajstić information content (AvgIpc) is 2.96. The first-order valence-electron chi connectivity index (χ1n) is 5.33. The van der Waals surface area contributed by atoms with Crippen LogP contribution in [0.25, 0.3) is 0 Å². The lowest BCUT2D eigenvalue weighted by Gasteiger charge is -2.21. The van der Waals surface area contributed by atoms with Crippen LogP contribution in [0.4, 0.5) is 5.69 Å². The van der Waals surface area contributed by atoms with Gasteiger partial charge in [-0.3, -0.25) is 10.1 Å². The molecule has 2 rings (SSSR count). The molecule has 1 aliphatic heterocycles. The lowest BCUT2D eigenvalue weighted by atomic mass is 10.3. The van der Waals surface area contributed by atoms with Gasteiger partial charge in [0, 0.05) is 19.7 Å². The van der Waals surface area contributed by atoms with E-state index >= 15 is 0 Å². The van der Waals surface area contributed by atoms with Gasteiger partial charge in [0.15, 0.2) is 4.34 Å². The molecule has 7 nitrogen and oxygen atoms in total. The monoisotopic (exact) mass is 326 g/mol. The van der Waals surface area contributed by atoms with Crippen LogP contribution in [-0.2, 0) is 14.8 Å². The molecule has 1 fully saturated rings. The van der Waals surface area contributed by atoms with Gasteiger partial charge in [0.1, 0.15) is 4.21 Å². The third kappa shape index (κ3) is 2.75. The summed E-state index contributed by atoms with van der Waals surface area (Å²) in [6, 6.07) is 0.749. The van der Waals surface area contributed by atoms with Gasteiger partial charge in [-0.05, 0) is 6.42 Å². The summed E-state index contributed by atoms with van der Waals surface area (Å²) < 4.78 is 30.7. The fourth-order valence-corrected chi connectivity index (χ4v) is 4.96. The van der Waals surface area contributed by atoms with E-state index in [1.165, 1.54) is 11.4 Å².